The average molecular weight is 580 g/mol. The van der Waals surface area contributed by atoms with E-state index < -0.39 is 0 Å². The number of amides is 1. The number of hydrogen-bond acceptors (Lipinski definition) is 5. The first-order chi connectivity index (χ1) is 20.2. The van der Waals surface area contributed by atoms with Gasteiger partial charge in [-0.3, -0.25) is 4.79 Å². The van der Waals surface area contributed by atoms with Crippen LogP contribution in [0.1, 0.15) is 70.7 Å². The Balaban J connectivity index is 0.000000201. The van der Waals surface area contributed by atoms with Crippen LogP contribution < -0.4 is 16.1 Å². The number of carbonyl (C=O) groups is 1. The lowest BCUT2D eigenvalue weighted by molar-refractivity contribution is -0.120. The Hall–Kier alpha value is -3.17. The van der Waals surface area contributed by atoms with Crippen molar-refractivity contribution < 1.29 is 23.1 Å². The highest BCUT2D eigenvalue weighted by atomic mass is 19.1. The molecule has 3 aliphatic heterocycles. The average Bonchev–Trinajstić information content (AvgIpc) is 3.61. The van der Waals surface area contributed by atoms with Crippen LogP contribution in [0, 0.1) is 38.3 Å². The fourth-order valence-corrected chi connectivity index (χ4v) is 5.79. The number of benzene rings is 3. The Morgan fingerprint density at radius 2 is 1.76 bits per heavy atom. The van der Waals surface area contributed by atoms with Crippen molar-refractivity contribution >= 4 is 11.6 Å². The van der Waals surface area contributed by atoms with E-state index in [1.165, 1.54) is 24.3 Å². The number of nitrogens with one attached hydrogen (secondary N) is 1. The molecule has 2 saturated heterocycles. The lowest BCUT2D eigenvalue weighted by atomic mass is 9.95. The Kier molecular flexibility index (Phi) is 11.2. The van der Waals surface area contributed by atoms with Crippen molar-refractivity contribution in [1.29, 1.82) is 0 Å². The molecule has 2 atom stereocenters. The molecule has 8 heteroatoms. The summed E-state index contributed by atoms with van der Waals surface area (Å²) in [6.07, 6.45) is 4.42. The minimum absolute atomic E-state index is 0.0244. The lowest BCUT2D eigenvalue weighted by Gasteiger charge is -2.23. The summed E-state index contributed by atoms with van der Waals surface area (Å²) >= 11 is 0. The molecule has 0 radical (unpaired) electrons. The van der Waals surface area contributed by atoms with Gasteiger partial charge in [-0.2, -0.15) is 0 Å². The summed E-state index contributed by atoms with van der Waals surface area (Å²) in [5.74, 6) is 4.03. The van der Waals surface area contributed by atoms with E-state index in [0.29, 0.717) is 24.1 Å². The number of fused-ring (bicyclic) bond motifs is 1. The highest BCUT2D eigenvalue weighted by Crippen LogP contribution is 2.32. The molecule has 226 valence electrons. The number of ether oxygens (including phenoxy) is 1. The van der Waals surface area contributed by atoms with Gasteiger partial charge in [0, 0.05) is 43.4 Å². The zero-order valence-electron chi connectivity index (χ0n) is 25.1. The van der Waals surface area contributed by atoms with Crippen LogP contribution in [0.15, 0.2) is 48.5 Å². The van der Waals surface area contributed by atoms with Crippen LogP contribution in [0.4, 0.5) is 14.5 Å². The maximum Gasteiger partial charge on any atom is 0.230 e. The first-order valence-corrected chi connectivity index (χ1v) is 14.7. The van der Waals surface area contributed by atoms with E-state index in [1.807, 2.05) is 43.0 Å². The molecule has 6 nitrogen and oxygen atoms in total. The lowest BCUT2D eigenvalue weighted by Crippen LogP contribution is -2.28. The number of nitrogens with zero attached hydrogens (tertiary/aromatic N) is 1. The van der Waals surface area contributed by atoms with Gasteiger partial charge >= 0.3 is 0 Å². The summed E-state index contributed by atoms with van der Waals surface area (Å²) in [7, 11) is 1.40. The van der Waals surface area contributed by atoms with Crippen LogP contribution in [-0.4, -0.2) is 26.2 Å². The number of halogens is 2. The molecular formula is C34H43F2N3O3. The molecule has 0 aromatic heterocycles. The molecule has 3 N–H and O–H groups in total. The third-order valence-electron chi connectivity index (χ3n) is 8.33. The van der Waals surface area contributed by atoms with Gasteiger partial charge in [-0.15, -0.1) is 0 Å². The smallest absolute Gasteiger partial charge is 0.230 e. The maximum atomic E-state index is 14.5. The molecule has 2 unspecified atom stereocenters. The van der Waals surface area contributed by atoms with Crippen molar-refractivity contribution in [2.24, 2.45) is 11.8 Å². The van der Waals surface area contributed by atoms with Crippen LogP contribution in [0.25, 0.3) is 0 Å². The Labute approximate surface area is 248 Å². The second-order valence-corrected chi connectivity index (χ2v) is 11.3. The molecule has 3 aromatic rings. The second kappa shape index (κ2) is 14.8. The summed E-state index contributed by atoms with van der Waals surface area (Å²) in [6, 6.07) is 15.2. The number of nitrogens with two attached hydrogens (primary N) is 1. The highest BCUT2D eigenvalue weighted by Gasteiger charge is 2.33. The first-order valence-electron chi connectivity index (χ1n) is 14.7. The topological polar surface area (TPSA) is 76.8 Å². The number of anilines is 1. The number of aryl methyl sites for hydroxylation is 2. The normalized spacial score (nSPS) is 19.5. The Morgan fingerprint density at radius 1 is 1.00 bits per heavy atom. The van der Waals surface area contributed by atoms with E-state index >= 15 is 0 Å². The fourth-order valence-electron chi connectivity index (χ4n) is 5.79. The van der Waals surface area contributed by atoms with Crippen LogP contribution in [0.3, 0.4) is 0 Å². The van der Waals surface area contributed by atoms with Crippen molar-refractivity contribution in [3.05, 3.63) is 99.1 Å². The van der Waals surface area contributed by atoms with Crippen LogP contribution in [0.2, 0.25) is 0 Å². The molecule has 3 heterocycles. The highest BCUT2D eigenvalue weighted by molar-refractivity contribution is 5.97. The van der Waals surface area contributed by atoms with Gasteiger partial charge in [0.2, 0.25) is 5.91 Å². The van der Waals surface area contributed by atoms with Gasteiger partial charge in [0.25, 0.3) is 0 Å². The summed E-state index contributed by atoms with van der Waals surface area (Å²) < 4.78 is 33.5. The van der Waals surface area contributed by atoms with Gasteiger partial charge in [-0.05, 0) is 98.9 Å². The van der Waals surface area contributed by atoms with E-state index in [2.05, 4.69) is 28.2 Å². The molecule has 0 saturated carbocycles. The third-order valence-corrected chi connectivity index (χ3v) is 8.33. The Bertz CT molecular complexity index is 1370. The molecule has 2 fully saturated rings. The first kappa shape index (κ1) is 31.8. The predicted molar refractivity (Wildman–Crippen MR) is 162 cm³/mol. The number of hydrogen-bond donors (Lipinski definition) is 2. The van der Waals surface area contributed by atoms with Crippen LogP contribution in [-0.2, 0) is 33.9 Å². The molecule has 0 aliphatic carbocycles. The van der Waals surface area contributed by atoms with Gasteiger partial charge in [-0.25, -0.2) is 14.7 Å². The molecule has 0 spiro atoms. The summed E-state index contributed by atoms with van der Waals surface area (Å²) in [5.41, 5.74) is 7.66. The van der Waals surface area contributed by atoms with Crippen LogP contribution >= 0.6 is 0 Å². The largest absolute Gasteiger partial charge is 0.373 e. The molecule has 6 rings (SSSR count). The van der Waals surface area contributed by atoms with Crippen molar-refractivity contribution in [3.8, 4) is 0 Å². The Morgan fingerprint density at radius 3 is 2.50 bits per heavy atom. The van der Waals surface area contributed by atoms with Gasteiger partial charge < -0.3 is 19.8 Å². The summed E-state index contributed by atoms with van der Waals surface area (Å²) in [5, 5.41) is 3.33. The summed E-state index contributed by atoms with van der Waals surface area (Å²) in [4.78, 5) is 18.5. The monoisotopic (exact) mass is 579 g/mol. The zero-order valence-corrected chi connectivity index (χ0v) is 25.1. The molecular weight excluding hydrogens is 536 g/mol. The van der Waals surface area contributed by atoms with E-state index in [1.54, 1.807) is 13.0 Å². The van der Waals surface area contributed by atoms with Crippen molar-refractivity contribution in [2.75, 3.05) is 25.2 Å². The van der Waals surface area contributed by atoms with Gasteiger partial charge in [0.05, 0.1) is 13.2 Å². The zero-order chi connectivity index (χ0) is 30.2. The minimum Gasteiger partial charge on any atom is -0.373 e. The minimum atomic E-state index is -0.158. The summed E-state index contributed by atoms with van der Waals surface area (Å²) in [6.45, 7) is 8.93. The van der Waals surface area contributed by atoms with Gasteiger partial charge in [-0.1, -0.05) is 35.9 Å². The van der Waals surface area contributed by atoms with E-state index in [4.69, 9.17) is 4.74 Å². The van der Waals surface area contributed by atoms with Crippen molar-refractivity contribution in [3.63, 3.8) is 0 Å². The predicted octanol–water partition coefficient (Wildman–Crippen LogP) is 6.52. The van der Waals surface area contributed by atoms with E-state index in [0.717, 1.165) is 67.8 Å². The fraction of sp³-hybridized carbons (Fsp3) is 0.441. The molecule has 1 amide bonds. The van der Waals surface area contributed by atoms with Crippen molar-refractivity contribution in [1.82, 2.24) is 5.32 Å². The van der Waals surface area contributed by atoms with Crippen molar-refractivity contribution in [2.45, 2.75) is 72.1 Å². The molecule has 3 aromatic carbocycles. The van der Waals surface area contributed by atoms with E-state index in [-0.39, 0.29) is 29.6 Å². The molecule has 42 heavy (non-hydrogen) atoms. The van der Waals surface area contributed by atoms with Crippen LogP contribution in [0.5, 0.6) is 0 Å². The van der Waals surface area contributed by atoms with Gasteiger partial charge in [0.15, 0.2) is 0 Å². The molecule has 3 aliphatic rings. The maximum absolute atomic E-state index is 14.5. The third kappa shape index (κ3) is 7.61. The van der Waals surface area contributed by atoms with E-state index in [9.17, 15) is 13.6 Å². The SMILES string of the molecule is CON.Cc1ccc(CC2CCN(c3ccc4c(c3)CNC4)C2=O)c(F)c1C.Cc1ccc(F)c(C2CCCCO2)c1. The number of rotatable bonds is 4. The number of carbonyl (C=O) groups excluding carboxylic acids is 1. The molecule has 0 bridgehead atoms. The second-order valence-electron chi connectivity index (χ2n) is 11.3. The standard InChI is InChI=1S/C21H23FN2O.C12H15FO.CH5NO/c1-13-3-4-15(20(22)14(13)2)9-16-7-8-24(21(16)25)19-6-5-17-11-23-12-18(17)10-19;1-9-5-6-11(13)10(8-9)12-4-2-3-7-14-12;1-3-2/h3-6,10,16,23H,7-9,11-12H2,1-2H3;5-6,8,12H,2-4,7H2,1H3;2H2,1H3. The quantitative estimate of drug-likeness (QED) is 0.344. The van der Waals surface area contributed by atoms with Gasteiger partial charge in [0.1, 0.15) is 11.6 Å².